The van der Waals surface area contributed by atoms with Crippen molar-refractivity contribution in [1.29, 1.82) is 0 Å². The fourth-order valence-corrected chi connectivity index (χ4v) is 1.69. The fraction of sp³-hybridized carbons (Fsp3) is 0.733. The SMILES string of the molecule is CC(C)=CCCC#CCCO[C@@H]1CCCCO1. The molecule has 0 aromatic heterocycles. The predicted molar refractivity (Wildman–Crippen MR) is 70.6 cm³/mol. The van der Waals surface area contributed by atoms with Crippen LogP contribution in [0.25, 0.3) is 0 Å². The van der Waals surface area contributed by atoms with Crippen LogP contribution in [0.5, 0.6) is 0 Å². The van der Waals surface area contributed by atoms with Gasteiger partial charge in [-0.1, -0.05) is 11.6 Å². The van der Waals surface area contributed by atoms with Gasteiger partial charge in [0.25, 0.3) is 0 Å². The summed E-state index contributed by atoms with van der Waals surface area (Å²) in [6.45, 7) is 5.77. The highest BCUT2D eigenvalue weighted by molar-refractivity contribution is 5.02. The van der Waals surface area contributed by atoms with Crippen LogP contribution in [-0.4, -0.2) is 19.5 Å². The lowest BCUT2D eigenvalue weighted by Crippen LogP contribution is -2.22. The number of hydrogen-bond donors (Lipinski definition) is 0. The second-order valence-electron chi connectivity index (χ2n) is 4.59. The molecule has 0 radical (unpaired) electrons. The van der Waals surface area contributed by atoms with Gasteiger partial charge in [0.2, 0.25) is 0 Å². The zero-order chi connectivity index (χ0) is 12.3. The minimum Gasteiger partial charge on any atom is -0.353 e. The largest absolute Gasteiger partial charge is 0.353 e. The Morgan fingerprint density at radius 1 is 1.29 bits per heavy atom. The Kier molecular flexibility index (Phi) is 7.79. The first-order valence-corrected chi connectivity index (χ1v) is 6.61. The van der Waals surface area contributed by atoms with Crippen molar-refractivity contribution in [3.63, 3.8) is 0 Å². The molecule has 1 heterocycles. The van der Waals surface area contributed by atoms with Crippen LogP contribution in [0.2, 0.25) is 0 Å². The summed E-state index contributed by atoms with van der Waals surface area (Å²) in [7, 11) is 0. The monoisotopic (exact) mass is 236 g/mol. The van der Waals surface area contributed by atoms with Gasteiger partial charge in [-0.2, -0.15) is 0 Å². The lowest BCUT2D eigenvalue weighted by Gasteiger charge is -2.22. The van der Waals surface area contributed by atoms with Gasteiger partial charge in [0, 0.05) is 19.4 Å². The molecule has 1 aliphatic heterocycles. The van der Waals surface area contributed by atoms with Crippen LogP contribution in [0.3, 0.4) is 0 Å². The molecule has 0 bridgehead atoms. The number of allylic oxidation sites excluding steroid dienone is 2. The number of unbranched alkanes of at least 4 members (excludes halogenated alkanes) is 1. The van der Waals surface area contributed by atoms with Crippen molar-refractivity contribution in [3.05, 3.63) is 11.6 Å². The summed E-state index contributed by atoms with van der Waals surface area (Å²) in [6, 6.07) is 0. The van der Waals surface area contributed by atoms with E-state index in [1.807, 2.05) is 0 Å². The van der Waals surface area contributed by atoms with Crippen LogP contribution in [0.4, 0.5) is 0 Å². The minimum absolute atomic E-state index is 0.0243. The lowest BCUT2D eigenvalue weighted by molar-refractivity contribution is -0.161. The lowest BCUT2D eigenvalue weighted by atomic mass is 10.2. The molecular weight excluding hydrogens is 212 g/mol. The predicted octanol–water partition coefficient (Wildman–Crippen LogP) is 3.67. The zero-order valence-corrected chi connectivity index (χ0v) is 11.1. The van der Waals surface area contributed by atoms with Gasteiger partial charge in [0.15, 0.2) is 6.29 Å². The summed E-state index contributed by atoms with van der Waals surface area (Å²) in [5.74, 6) is 6.30. The fourth-order valence-electron chi connectivity index (χ4n) is 1.69. The third-order valence-electron chi connectivity index (χ3n) is 2.62. The second kappa shape index (κ2) is 9.27. The molecule has 1 aliphatic rings. The third kappa shape index (κ3) is 8.01. The first-order valence-electron chi connectivity index (χ1n) is 6.61. The average Bonchev–Trinajstić information content (AvgIpc) is 2.33. The average molecular weight is 236 g/mol. The van der Waals surface area contributed by atoms with Crippen molar-refractivity contribution in [3.8, 4) is 11.8 Å². The summed E-state index contributed by atoms with van der Waals surface area (Å²) in [5.41, 5.74) is 1.37. The molecule has 1 fully saturated rings. The van der Waals surface area contributed by atoms with Crippen molar-refractivity contribution >= 4 is 0 Å². The molecule has 0 spiro atoms. The molecule has 2 heteroatoms. The molecule has 0 amide bonds. The van der Waals surface area contributed by atoms with Crippen molar-refractivity contribution in [2.45, 2.75) is 58.7 Å². The van der Waals surface area contributed by atoms with Gasteiger partial charge >= 0.3 is 0 Å². The summed E-state index contributed by atoms with van der Waals surface area (Å²) in [6.07, 6.45) is 8.50. The topological polar surface area (TPSA) is 18.5 Å². The summed E-state index contributed by atoms with van der Waals surface area (Å²) < 4.78 is 11.1. The van der Waals surface area contributed by atoms with Gasteiger partial charge in [-0.3, -0.25) is 0 Å². The molecule has 0 saturated carbocycles. The van der Waals surface area contributed by atoms with Crippen LogP contribution in [-0.2, 0) is 9.47 Å². The van der Waals surface area contributed by atoms with E-state index in [0.29, 0.717) is 6.61 Å². The van der Waals surface area contributed by atoms with Gasteiger partial charge in [-0.25, -0.2) is 0 Å². The van der Waals surface area contributed by atoms with Crippen LogP contribution < -0.4 is 0 Å². The smallest absolute Gasteiger partial charge is 0.157 e. The van der Waals surface area contributed by atoms with E-state index in [2.05, 4.69) is 31.8 Å². The maximum absolute atomic E-state index is 5.59. The Morgan fingerprint density at radius 3 is 2.82 bits per heavy atom. The standard InChI is InChI=1S/C15H24O2/c1-14(2)10-6-4-3-5-8-12-16-15-11-7-9-13-17-15/h10,15H,4,6-9,11-13H2,1-2H3/t15-/m0/s1. The Balaban J connectivity index is 1.96. The molecule has 0 aliphatic carbocycles. The van der Waals surface area contributed by atoms with Crippen LogP contribution in [0.15, 0.2) is 11.6 Å². The van der Waals surface area contributed by atoms with Gasteiger partial charge in [-0.15, -0.1) is 11.8 Å². The molecule has 96 valence electrons. The number of hydrogen-bond acceptors (Lipinski definition) is 2. The van der Waals surface area contributed by atoms with E-state index in [4.69, 9.17) is 9.47 Å². The van der Waals surface area contributed by atoms with E-state index in [0.717, 1.165) is 32.3 Å². The first-order chi connectivity index (χ1) is 8.29. The van der Waals surface area contributed by atoms with Crippen molar-refractivity contribution < 1.29 is 9.47 Å². The summed E-state index contributed by atoms with van der Waals surface area (Å²) >= 11 is 0. The molecule has 2 nitrogen and oxygen atoms in total. The van der Waals surface area contributed by atoms with Crippen LogP contribution in [0, 0.1) is 11.8 Å². The van der Waals surface area contributed by atoms with E-state index >= 15 is 0 Å². The molecular formula is C15H24O2. The molecule has 1 atom stereocenters. The van der Waals surface area contributed by atoms with E-state index in [9.17, 15) is 0 Å². The van der Waals surface area contributed by atoms with Crippen LogP contribution >= 0.6 is 0 Å². The van der Waals surface area contributed by atoms with Gasteiger partial charge in [0.1, 0.15) is 0 Å². The maximum Gasteiger partial charge on any atom is 0.157 e. The van der Waals surface area contributed by atoms with E-state index < -0.39 is 0 Å². The van der Waals surface area contributed by atoms with Crippen molar-refractivity contribution in [2.24, 2.45) is 0 Å². The highest BCUT2D eigenvalue weighted by Crippen LogP contribution is 2.13. The molecule has 0 aromatic carbocycles. The minimum atomic E-state index is 0.0243. The molecule has 0 N–H and O–H groups in total. The third-order valence-corrected chi connectivity index (χ3v) is 2.62. The van der Waals surface area contributed by atoms with Gasteiger partial charge < -0.3 is 9.47 Å². The van der Waals surface area contributed by atoms with E-state index in [1.165, 1.54) is 18.4 Å². The van der Waals surface area contributed by atoms with Gasteiger partial charge in [0.05, 0.1) is 6.61 Å². The van der Waals surface area contributed by atoms with Crippen LogP contribution in [0.1, 0.15) is 52.4 Å². The normalized spacial score (nSPS) is 19.3. The molecule has 0 aromatic rings. The van der Waals surface area contributed by atoms with Gasteiger partial charge in [-0.05, 0) is 39.5 Å². The quantitative estimate of drug-likeness (QED) is 0.412. The zero-order valence-electron chi connectivity index (χ0n) is 11.1. The number of rotatable bonds is 5. The van der Waals surface area contributed by atoms with Crippen molar-refractivity contribution in [1.82, 2.24) is 0 Å². The molecule has 1 saturated heterocycles. The number of ether oxygens (including phenoxy) is 2. The second-order valence-corrected chi connectivity index (χ2v) is 4.59. The Labute approximate surface area is 105 Å². The first kappa shape index (κ1) is 14.3. The van der Waals surface area contributed by atoms with Crippen molar-refractivity contribution in [2.75, 3.05) is 13.2 Å². The molecule has 1 rings (SSSR count). The Bertz CT molecular complexity index is 273. The summed E-state index contributed by atoms with van der Waals surface area (Å²) in [4.78, 5) is 0. The highest BCUT2D eigenvalue weighted by Gasteiger charge is 2.12. The summed E-state index contributed by atoms with van der Waals surface area (Å²) in [5, 5.41) is 0. The molecule has 0 unspecified atom stereocenters. The van der Waals surface area contributed by atoms with E-state index in [-0.39, 0.29) is 6.29 Å². The molecule has 17 heavy (non-hydrogen) atoms. The Hall–Kier alpha value is -0.780. The Morgan fingerprint density at radius 2 is 2.12 bits per heavy atom. The van der Waals surface area contributed by atoms with E-state index in [1.54, 1.807) is 0 Å². The maximum atomic E-state index is 5.59. The highest BCUT2D eigenvalue weighted by atomic mass is 16.7.